The van der Waals surface area contributed by atoms with Crippen LogP contribution < -0.4 is 21.7 Å². The number of anilines is 1. The summed E-state index contributed by atoms with van der Waals surface area (Å²) in [4.78, 5) is 28.3. The van der Waals surface area contributed by atoms with Gasteiger partial charge in [0.15, 0.2) is 0 Å². The van der Waals surface area contributed by atoms with E-state index >= 15 is 0 Å². The zero-order valence-electron chi connectivity index (χ0n) is 16.0. The van der Waals surface area contributed by atoms with E-state index in [1.807, 2.05) is 30.3 Å². The summed E-state index contributed by atoms with van der Waals surface area (Å²) in [6.07, 6.45) is 6.83. The first kappa shape index (κ1) is 24.7. The zero-order chi connectivity index (χ0) is 19.1. The molecule has 29 heavy (non-hydrogen) atoms. The molecule has 158 valence electrons. The molecular formula is C20H27Cl2N5O2. The molecule has 0 aliphatic heterocycles. The van der Waals surface area contributed by atoms with Crippen LogP contribution in [-0.4, -0.2) is 22.5 Å². The van der Waals surface area contributed by atoms with Crippen LogP contribution in [0.4, 0.5) is 10.5 Å². The molecule has 1 heterocycles. The average Bonchev–Trinajstić information content (AvgIpc) is 3.13. The second kappa shape index (κ2) is 11.6. The van der Waals surface area contributed by atoms with Crippen molar-refractivity contribution in [2.24, 2.45) is 5.73 Å². The van der Waals surface area contributed by atoms with Crippen LogP contribution in [0.5, 0.6) is 0 Å². The van der Waals surface area contributed by atoms with Crippen molar-refractivity contribution in [3.05, 3.63) is 59.9 Å². The van der Waals surface area contributed by atoms with Gasteiger partial charge in [-0.25, -0.2) is 4.79 Å². The molecule has 1 fully saturated rings. The molecule has 1 aliphatic rings. The Hall–Kier alpha value is -2.35. The van der Waals surface area contributed by atoms with Crippen LogP contribution in [0.1, 0.15) is 36.8 Å². The summed E-state index contributed by atoms with van der Waals surface area (Å²) in [5.74, 6) is -0.103. The number of pyridine rings is 1. The van der Waals surface area contributed by atoms with Crippen molar-refractivity contribution in [1.29, 1.82) is 0 Å². The van der Waals surface area contributed by atoms with Crippen molar-refractivity contribution in [1.82, 2.24) is 15.6 Å². The number of carbonyl (C=O) groups is 2. The molecule has 0 saturated heterocycles. The number of hydrogen-bond acceptors (Lipinski definition) is 4. The second-order valence-corrected chi connectivity index (χ2v) is 6.91. The minimum atomic E-state index is -0.733. The average molecular weight is 440 g/mol. The number of nitrogens with zero attached hydrogens (tertiary/aromatic N) is 1. The van der Waals surface area contributed by atoms with E-state index in [0.29, 0.717) is 18.8 Å². The molecule has 0 bridgehead atoms. The van der Waals surface area contributed by atoms with E-state index in [0.717, 1.165) is 36.8 Å². The Morgan fingerprint density at radius 2 is 1.62 bits per heavy atom. The number of nitrogens with one attached hydrogen (secondary N) is 3. The second-order valence-electron chi connectivity index (χ2n) is 6.91. The lowest BCUT2D eigenvalue weighted by Crippen LogP contribution is -2.51. The van der Waals surface area contributed by atoms with Crippen molar-refractivity contribution in [3.63, 3.8) is 0 Å². The Morgan fingerprint density at radius 1 is 0.966 bits per heavy atom. The minimum absolute atomic E-state index is 0. The van der Waals surface area contributed by atoms with Gasteiger partial charge in [-0.05, 0) is 48.2 Å². The van der Waals surface area contributed by atoms with Crippen LogP contribution in [-0.2, 0) is 17.9 Å². The lowest BCUT2D eigenvalue weighted by Gasteiger charge is -2.22. The van der Waals surface area contributed by atoms with Gasteiger partial charge in [-0.1, -0.05) is 25.0 Å². The minimum Gasteiger partial charge on any atom is -0.350 e. The highest BCUT2D eigenvalue weighted by molar-refractivity contribution is 5.89. The maximum atomic E-state index is 12.3. The molecule has 1 aliphatic carbocycles. The largest absolute Gasteiger partial charge is 0.350 e. The number of benzene rings is 1. The summed E-state index contributed by atoms with van der Waals surface area (Å²) in [6, 6.07) is 10.8. The van der Waals surface area contributed by atoms with Crippen molar-refractivity contribution >= 4 is 42.4 Å². The molecule has 1 saturated carbocycles. The monoisotopic (exact) mass is 439 g/mol. The molecule has 0 unspecified atom stereocenters. The van der Waals surface area contributed by atoms with Gasteiger partial charge in [-0.3, -0.25) is 9.78 Å². The van der Waals surface area contributed by atoms with Crippen molar-refractivity contribution in [2.75, 3.05) is 5.32 Å². The molecule has 5 N–H and O–H groups in total. The third-order valence-corrected chi connectivity index (χ3v) is 4.79. The number of amides is 3. The highest BCUT2D eigenvalue weighted by Gasteiger charge is 2.36. The predicted molar refractivity (Wildman–Crippen MR) is 118 cm³/mol. The van der Waals surface area contributed by atoms with Gasteiger partial charge in [0.25, 0.3) is 0 Å². The first-order valence-corrected chi connectivity index (χ1v) is 9.15. The summed E-state index contributed by atoms with van der Waals surface area (Å²) >= 11 is 0. The van der Waals surface area contributed by atoms with E-state index in [1.54, 1.807) is 18.5 Å². The number of halogens is 2. The zero-order valence-corrected chi connectivity index (χ0v) is 17.7. The summed E-state index contributed by atoms with van der Waals surface area (Å²) in [5, 5.41) is 8.51. The number of nitrogens with two attached hydrogens (primary N) is 1. The number of aromatic nitrogens is 1. The molecule has 0 radical (unpaired) electrons. The van der Waals surface area contributed by atoms with Gasteiger partial charge in [0.05, 0.1) is 5.54 Å². The summed E-state index contributed by atoms with van der Waals surface area (Å²) in [7, 11) is 0. The Kier molecular flexibility index (Phi) is 9.88. The van der Waals surface area contributed by atoms with Crippen LogP contribution in [0.15, 0.2) is 48.8 Å². The van der Waals surface area contributed by atoms with Crippen molar-refractivity contribution in [2.45, 2.75) is 44.3 Å². The SMILES string of the molecule is Cl.Cl.NC1(C(=O)NCc2cccc(NC(=O)NCc3ccncc3)c2)CCCC1. The van der Waals surface area contributed by atoms with E-state index < -0.39 is 5.54 Å². The Labute approximate surface area is 183 Å². The first-order chi connectivity index (χ1) is 13.0. The van der Waals surface area contributed by atoms with E-state index in [-0.39, 0.29) is 36.8 Å². The third-order valence-electron chi connectivity index (χ3n) is 4.79. The van der Waals surface area contributed by atoms with Gasteiger partial charge in [-0.15, -0.1) is 24.8 Å². The Morgan fingerprint density at radius 3 is 2.31 bits per heavy atom. The molecule has 1 aromatic carbocycles. The molecule has 2 aromatic rings. The highest BCUT2D eigenvalue weighted by Crippen LogP contribution is 2.27. The van der Waals surface area contributed by atoms with Crippen molar-refractivity contribution in [3.8, 4) is 0 Å². The number of urea groups is 1. The maximum absolute atomic E-state index is 12.3. The van der Waals surface area contributed by atoms with E-state index in [4.69, 9.17) is 5.73 Å². The molecule has 0 spiro atoms. The van der Waals surface area contributed by atoms with Crippen molar-refractivity contribution < 1.29 is 9.59 Å². The van der Waals surface area contributed by atoms with Crippen LogP contribution in [0.2, 0.25) is 0 Å². The predicted octanol–water partition coefficient (Wildman–Crippen LogP) is 3.13. The van der Waals surface area contributed by atoms with E-state index in [9.17, 15) is 9.59 Å². The topological polar surface area (TPSA) is 109 Å². The maximum Gasteiger partial charge on any atom is 0.319 e. The molecule has 0 atom stereocenters. The molecule has 3 amide bonds. The molecule has 1 aromatic heterocycles. The van der Waals surface area contributed by atoms with Gasteiger partial charge in [-0.2, -0.15) is 0 Å². The lowest BCUT2D eigenvalue weighted by molar-refractivity contribution is -0.126. The first-order valence-electron chi connectivity index (χ1n) is 9.15. The molecular weight excluding hydrogens is 413 g/mol. The molecule has 7 nitrogen and oxygen atoms in total. The van der Waals surface area contributed by atoms with E-state index in [2.05, 4.69) is 20.9 Å². The lowest BCUT2D eigenvalue weighted by atomic mass is 9.98. The summed E-state index contributed by atoms with van der Waals surface area (Å²) < 4.78 is 0. The summed E-state index contributed by atoms with van der Waals surface area (Å²) in [5.41, 5.74) is 7.96. The summed E-state index contributed by atoms with van der Waals surface area (Å²) in [6.45, 7) is 0.800. The fourth-order valence-electron chi connectivity index (χ4n) is 3.21. The Bertz CT molecular complexity index is 798. The highest BCUT2D eigenvalue weighted by atomic mass is 35.5. The van der Waals surface area contributed by atoms with Crippen LogP contribution >= 0.6 is 24.8 Å². The van der Waals surface area contributed by atoms with Crippen LogP contribution in [0, 0.1) is 0 Å². The standard InChI is InChI=1S/C20H25N5O2.2ClH/c21-20(8-1-2-9-20)18(26)23-14-16-4-3-5-17(12-16)25-19(27)24-13-15-6-10-22-11-7-15;;/h3-7,10-12H,1-2,8-9,13-14,21H2,(H,23,26)(H2,24,25,27);2*1H. The Balaban J connectivity index is 0.00000210. The normalized spacial score (nSPS) is 14.1. The molecule has 3 rings (SSSR count). The smallest absolute Gasteiger partial charge is 0.319 e. The van der Waals surface area contributed by atoms with Crippen LogP contribution in [0.3, 0.4) is 0 Å². The van der Waals surface area contributed by atoms with Gasteiger partial charge in [0.1, 0.15) is 0 Å². The van der Waals surface area contributed by atoms with Gasteiger partial charge in [0.2, 0.25) is 5.91 Å². The van der Waals surface area contributed by atoms with Gasteiger partial charge in [0, 0.05) is 31.2 Å². The quantitative estimate of drug-likeness (QED) is 0.553. The fourth-order valence-corrected chi connectivity index (χ4v) is 3.21. The van der Waals surface area contributed by atoms with Gasteiger partial charge < -0.3 is 21.7 Å². The van der Waals surface area contributed by atoms with Gasteiger partial charge >= 0.3 is 6.03 Å². The number of hydrogen-bond donors (Lipinski definition) is 4. The number of rotatable bonds is 6. The van der Waals surface area contributed by atoms with Crippen LogP contribution in [0.25, 0.3) is 0 Å². The van der Waals surface area contributed by atoms with E-state index in [1.165, 1.54) is 0 Å². The third kappa shape index (κ3) is 7.20. The number of carbonyl (C=O) groups excluding carboxylic acids is 2. The fraction of sp³-hybridized carbons (Fsp3) is 0.350. The molecule has 9 heteroatoms.